The molecule has 11 heteroatoms. The normalized spacial score (nSPS) is 11.4. The molecule has 0 aliphatic rings. The van der Waals surface area contributed by atoms with Gasteiger partial charge in [-0.05, 0) is 40.2 Å². The number of aromatic amines is 3. The highest BCUT2D eigenvalue weighted by molar-refractivity contribution is 9.10. The van der Waals surface area contributed by atoms with E-state index in [1.165, 1.54) is 7.11 Å². The van der Waals surface area contributed by atoms with Crippen molar-refractivity contribution in [3.05, 3.63) is 77.8 Å². The highest BCUT2D eigenvalue weighted by atomic mass is 79.9. The van der Waals surface area contributed by atoms with Gasteiger partial charge in [-0.2, -0.15) is 0 Å². The molecule has 0 saturated heterocycles. The van der Waals surface area contributed by atoms with Crippen LogP contribution in [0.15, 0.2) is 60.2 Å². The Morgan fingerprint density at radius 3 is 2.53 bits per heavy atom. The van der Waals surface area contributed by atoms with Gasteiger partial charge in [0.2, 0.25) is 5.88 Å². The minimum atomic E-state index is -0.827. The predicted octanol–water partition coefficient (Wildman–Crippen LogP) is 1.92. The molecule has 2 aromatic heterocycles. The minimum absolute atomic E-state index is 0.227. The Labute approximate surface area is 175 Å². The fraction of sp³-hybridized carbons (Fsp3) is 0.0526. The summed E-state index contributed by atoms with van der Waals surface area (Å²) in [5, 5.41) is 10.7. The summed E-state index contributed by atoms with van der Waals surface area (Å²) in [6.45, 7) is 0. The van der Waals surface area contributed by atoms with Gasteiger partial charge >= 0.3 is 11.4 Å². The molecule has 152 valence electrons. The van der Waals surface area contributed by atoms with Crippen LogP contribution < -0.4 is 21.7 Å². The summed E-state index contributed by atoms with van der Waals surface area (Å²) in [6, 6.07) is 9.79. The second-order valence-electron chi connectivity index (χ2n) is 6.19. The van der Waals surface area contributed by atoms with E-state index in [0.717, 1.165) is 10.8 Å². The highest BCUT2D eigenvalue weighted by Crippen LogP contribution is 2.29. The number of imidazole rings is 1. The van der Waals surface area contributed by atoms with Crippen LogP contribution in [0, 0.1) is 0 Å². The number of ether oxygens (including phenoxy) is 1. The topological polar surface area (TPSA) is 145 Å². The van der Waals surface area contributed by atoms with E-state index >= 15 is 0 Å². The van der Waals surface area contributed by atoms with Crippen molar-refractivity contribution in [1.29, 1.82) is 0 Å². The molecular formula is C19H14BrN5O5. The number of aliphatic imine (C=N–C) groups is 1. The van der Waals surface area contributed by atoms with Crippen LogP contribution in [-0.2, 0) is 0 Å². The number of rotatable bonds is 4. The van der Waals surface area contributed by atoms with E-state index in [-0.39, 0.29) is 16.9 Å². The molecule has 4 aromatic rings. The van der Waals surface area contributed by atoms with E-state index in [1.54, 1.807) is 36.4 Å². The van der Waals surface area contributed by atoms with Crippen molar-refractivity contribution in [3.63, 3.8) is 0 Å². The second kappa shape index (κ2) is 7.52. The number of para-hydroxylation sites is 2. The number of hydrogen-bond donors (Lipinski definition) is 4. The van der Waals surface area contributed by atoms with Gasteiger partial charge in [-0.15, -0.1) is 0 Å². The number of hydrogen-bond acceptors (Lipinski definition) is 6. The number of aromatic hydroxyl groups is 1. The van der Waals surface area contributed by atoms with Crippen LogP contribution >= 0.6 is 15.9 Å². The molecule has 2 aromatic carbocycles. The van der Waals surface area contributed by atoms with Crippen LogP contribution in [0.1, 0.15) is 5.56 Å². The molecule has 4 N–H and O–H groups in total. The predicted molar refractivity (Wildman–Crippen MR) is 115 cm³/mol. The monoisotopic (exact) mass is 471 g/mol. The number of methoxy groups -OCH3 is 1. The van der Waals surface area contributed by atoms with E-state index < -0.39 is 17.1 Å². The molecule has 0 saturated carbocycles. The largest absolute Gasteiger partial charge is 0.495 e. The molecule has 2 heterocycles. The molecule has 0 unspecified atom stereocenters. The first-order chi connectivity index (χ1) is 14.4. The smallest absolute Gasteiger partial charge is 0.335 e. The van der Waals surface area contributed by atoms with Crippen LogP contribution in [0.5, 0.6) is 11.6 Å². The maximum Gasteiger partial charge on any atom is 0.335 e. The summed E-state index contributed by atoms with van der Waals surface area (Å²) in [6.07, 6.45) is 1.14. The van der Waals surface area contributed by atoms with E-state index in [9.17, 15) is 19.5 Å². The molecule has 0 aliphatic heterocycles. The third-order valence-electron chi connectivity index (χ3n) is 4.36. The molecule has 0 bridgehead atoms. The van der Waals surface area contributed by atoms with E-state index in [2.05, 4.69) is 35.9 Å². The summed E-state index contributed by atoms with van der Waals surface area (Å²) >= 11 is 3.35. The summed E-state index contributed by atoms with van der Waals surface area (Å²) in [7, 11) is 1.42. The molecule has 10 nitrogen and oxygen atoms in total. The third-order valence-corrected chi connectivity index (χ3v) is 5.00. The molecule has 0 spiro atoms. The van der Waals surface area contributed by atoms with E-state index in [1.807, 2.05) is 0 Å². The molecule has 0 aliphatic carbocycles. The van der Waals surface area contributed by atoms with Crippen LogP contribution in [0.3, 0.4) is 0 Å². The van der Waals surface area contributed by atoms with Gasteiger partial charge in [-0.1, -0.05) is 12.1 Å². The van der Waals surface area contributed by atoms with Crippen molar-refractivity contribution < 1.29 is 9.84 Å². The average molecular weight is 472 g/mol. The molecule has 0 amide bonds. The van der Waals surface area contributed by atoms with Crippen LogP contribution in [0.4, 0.5) is 5.69 Å². The van der Waals surface area contributed by atoms with Crippen LogP contribution in [0.25, 0.3) is 16.7 Å². The first-order valence-electron chi connectivity index (χ1n) is 8.56. The number of halogens is 1. The Balaban J connectivity index is 1.86. The molecular weight excluding hydrogens is 458 g/mol. The lowest BCUT2D eigenvalue weighted by Crippen LogP contribution is -2.31. The number of fused-ring (bicyclic) bond motifs is 1. The minimum Gasteiger partial charge on any atom is -0.495 e. The maximum atomic E-state index is 12.4. The highest BCUT2D eigenvalue weighted by Gasteiger charge is 2.17. The standard InChI is InChI=1S/C19H14BrN5O5/c1-30-15-5-3-2-4-14(15)25-17(27)9(16(26)24-19(25)29)8-21-11-7-13-12(6-10(11)20)22-18(28)23-13/h2-8,27H,1H3,(H2,22,23,28)(H,24,26,29). The summed E-state index contributed by atoms with van der Waals surface area (Å²) in [5.74, 6) is -0.265. The van der Waals surface area contributed by atoms with Crippen molar-refractivity contribution >= 4 is 38.9 Å². The molecule has 30 heavy (non-hydrogen) atoms. The Hall–Kier alpha value is -3.86. The van der Waals surface area contributed by atoms with Gasteiger partial charge in [0.1, 0.15) is 11.3 Å². The Morgan fingerprint density at radius 2 is 1.80 bits per heavy atom. The van der Waals surface area contributed by atoms with Crippen LogP contribution in [0.2, 0.25) is 0 Å². The van der Waals surface area contributed by atoms with Crippen molar-refractivity contribution in [2.45, 2.75) is 0 Å². The number of H-pyrrole nitrogens is 3. The molecule has 0 radical (unpaired) electrons. The van der Waals surface area contributed by atoms with Gasteiger partial charge in [-0.3, -0.25) is 14.8 Å². The SMILES string of the molecule is COc1ccccc1-n1c(O)c(C=Nc2cc3[nH]c(=O)[nH]c3cc2Br)c(=O)[nH]c1=O. The van der Waals surface area contributed by atoms with Crippen molar-refractivity contribution in [2.75, 3.05) is 7.11 Å². The zero-order chi connectivity index (χ0) is 21.4. The van der Waals surface area contributed by atoms with Gasteiger partial charge in [0.05, 0.1) is 29.5 Å². The first kappa shape index (κ1) is 19.5. The molecule has 0 fully saturated rings. The van der Waals surface area contributed by atoms with Gasteiger partial charge in [0.15, 0.2) is 0 Å². The van der Waals surface area contributed by atoms with Crippen molar-refractivity contribution in [3.8, 4) is 17.3 Å². The van der Waals surface area contributed by atoms with Crippen LogP contribution in [-0.4, -0.2) is 37.9 Å². The average Bonchev–Trinajstić information content (AvgIpc) is 3.06. The lowest BCUT2D eigenvalue weighted by Gasteiger charge is -2.12. The zero-order valence-electron chi connectivity index (χ0n) is 15.4. The fourth-order valence-corrected chi connectivity index (χ4v) is 3.42. The molecule has 4 rings (SSSR count). The number of nitrogens with zero attached hydrogens (tertiary/aromatic N) is 2. The first-order valence-corrected chi connectivity index (χ1v) is 9.35. The number of nitrogens with one attached hydrogen (secondary N) is 3. The number of aromatic nitrogens is 4. The summed E-state index contributed by atoms with van der Waals surface area (Å²) in [4.78, 5) is 47.7. The van der Waals surface area contributed by atoms with E-state index in [0.29, 0.717) is 26.9 Å². The Morgan fingerprint density at radius 1 is 1.10 bits per heavy atom. The quantitative estimate of drug-likeness (QED) is 0.336. The van der Waals surface area contributed by atoms with E-state index in [4.69, 9.17) is 4.74 Å². The maximum absolute atomic E-state index is 12.4. The molecule has 0 atom stereocenters. The summed E-state index contributed by atoms with van der Waals surface area (Å²) < 4.78 is 6.70. The Bertz CT molecular complexity index is 1480. The van der Waals surface area contributed by atoms with Gasteiger partial charge in [-0.25, -0.2) is 14.2 Å². The Kier molecular flexibility index (Phi) is 4.88. The van der Waals surface area contributed by atoms with Gasteiger partial charge in [0.25, 0.3) is 5.56 Å². The third kappa shape index (κ3) is 3.35. The number of benzene rings is 2. The fourth-order valence-electron chi connectivity index (χ4n) is 2.97. The zero-order valence-corrected chi connectivity index (χ0v) is 17.0. The van der Waals surface area contributed by atoms with Gasteiger partial charge in [0, 0.05) is 10.7 Å². The lowest BCUT2D eigenvalue weighted by molar-refractivity contribution is 0.401. The second-order valence-corrected chi connectivity index (χ2v) is 7.04. The van der Waals surface area contributed by atoms with Crippen molar-refractivity contribution in [2.24, 2.45) is 4.99 Å². The summed E-state index contributed by atoms with van der Waals surface area (Å²) in [5.41, 5.74) is -0.478. The van der Waals surface area contributed by atoms with Crippen molar-refractivity contribution in [1.82, 2.24) is 19.5 Å². The van der Waals surface area contributed by atoms with Gasteiger partial charge < -0.3 is 19.8 Å². The lowest BCUT2D eigenvalue weighted by atomic mass is 10.2.